The van der Waals surface area contributed by atoms with E-state index in [1.807, 2.05) is 60.7 Å². The number of hydrogen-bond donors (Lipinski definition) is 5. The average Bonchev–Trinajstić information content (AvgIpc) is 3.82. The Bertz CT molecular complexity index is 2090. The van der Waals surface area contributed by atoms with Gasteiger partial charge in [0.25, 0.3) is 0 Å². The van der Waals surface area contributed by atoms with E-state index in [2.05, 4.69) is 26.3 Å². The van der Waals surface area contributed by atoms with Crippen LogP contribution in [0.1, 0.15) is 36.9 Å². The number of aromatic nitrogens is 3. The van der Waals surface area contributed by atoms with Crippen LogP contribution in [-0.4, -0.2) is 59.0 Å². The van der Waals surface area contributed by atoms with Gasteiger partial charge in [0, 0.05) is 90.0 Å². The number of rotatable bonds is 12. The monoisotopic (exact) mass is 731 g/mol. The highest BCUT2D eigenvalue weighted by atomic mass is 35.5. The Balaban J connectivity index is 1.10. The number of benzene rings is 2. The fraction of sp³-hybridized carbons (Fsp3) is 0.297. The molecule has 2 fully saturated rings. The lowest BCUT2D eigenvalue weighted by Gasteiger charge is -2.15. The average molecular weight is 733 g/mol. The van der Waals surface area contributed by atoms with Gasteiger partial charge in [0.2, 0.25) is 17.7 Å². The van der Waals surface area contributed by atoms with E-state index in [9.17, 15) is 9.59 Å². The molecule has 5 aromatic rings. The molecule has 7 rings (SSSR count). The lowest BCUT2D eigenvalue weighted by Crippen LogP contribution is -2.35. The molecule has 2 atom stereocenters. The van der Waals surface area contributed by atoms with Crippen molar-refractivity contribution in [3.8, 4) is 39.5 Å². The Morgan fingerprint density at radius 3 is 1.86 bits per heavy atom. The first-order valence-corrected chi connectivity index (χ1v) is 17.7. The second-order valence-corrected chi connectivity index (χ2v) is 13.7. The molecule has 258 valence electrons. The van der Waals surface area contributed by atoms with Gasteiger partial charge in [-0.05, 0) is 31.0 Å². The molecule has 0 radical (unpaired) electrons. The highest BCUT2D eigenvalue weighted by Gasteiger charge is 2.22. The summed E-state index contributed by atoms with van der Waals surface area (Å²) in [5.41, 5.74) is 6.76. The van der Waals surface area contributed by atoms with E-state index in [-0.39, 0.29) is 23.9 Å². The molecule has 2 aromatic carbocycles. The normalized spacial score (nSPS) is 17.4. The number of H-pyrrole nitrogens is 1. The van der Waals surface area contributed by atoms with Crippen LogP contribution in [-0.2, 0) is 22.7 Å². The van der Waals surface area contributed by atoms with Crippen LogP contribution in [0.5, 0.6) is 5.88 Å². The molecule has 0 unspecified atom stereocenters. The molecule has 5 heterocycles. The Hall–Kier alpha value is -4.19. The Morgan fingerprint density at radius 1 is 0.720 bits per heavy atom. The summed E-state index contributed by atoms with van der Waals surface area (Å²) >= 11 is 20.9. The highest BCUT2D eigenvalue weighted by Crippen LogP contribution is 2.42. The molecule has 2 amide bonds. The van der Waals surface area contributed by atoms with Gasteiger partial charge in [-0.15, -0.1) is 0 Å². The maximum absolute atomic E-state index is 11.5. The first kappa shape index (κ1) is 34.3. The van der Waals surface area contributed by atoms with Gasteiger partial charge in [-0.25, -0.2) is 9.97 Å². The van der Waals surface area contributed by atoms with Gasteiger partial charge in [0.1, 0.15) is 5.65 Å². The molecule has 0 saturated carbocycles. The summed E-state index contributed by atoms with van der Waals surface area (Å²) in [7, 11) is 1.60. The third-order valence-corrected chi connectivity index (χ3v) is 10.5. The van der Waals surface area contributed by atoms with Crippen molar-refractivity contribution in [1.82, 2.24) is 36.2 Å². The fourth-order valence-corrected chi connectivity index (χ4v) is 7.50. The van der Waals surface area contributed by atoms with E-state index >= 15 is 0 Å². The van der Waals surface area contributed by atoms with Gasteiger partial charge < -0.3 is 31.0 Å². The highest BCUT2D eigenvalue weighted by molar-refractivity contribution is 6.39. The van der Waals surface area contributed by atoms with E-state index in [0.717, 1.165) is 51.7 Å². The molecule has 2 saturated heterocycles. The first-order valence-electron chi connectivity index (χ1n) is 16.6. The van der Waals surface area contributed by atoms with Gasteiger partial charge in [-0.3, -0.25) is 9.59 Å². The van der Waals surface area contributed by atoms with Crippen molar-refractivity contribution >= 4 is 57.7 Å². The molecular weight excluding hydrogens is 697 g/mol. The van der Waals surface area contributed by atoms with Gasteiger partial charge in [0.05, 0.1) is 33.6 Å². The zero-order valence-electron chi connectivity index (χ0n) is 27.3. The third-order valence-electron chi connectivity index (χ3n) is 9.21. The first-order chi connectivity index (χ1) is 24.3. The minimum absolute atomic E-state index is 0.0935. The van der Waals surface area contributed by atoms with Crippen LogP contribution in [0.25, 0.3) is 44.7 Å². The van der Waals surface area contributed by atoms with E-state index in [1.54, 1.807) is 7.11 Å². The minimum Gasteiger partial charge on any atom is -0.481 e. The summed E-state index contributed by atoms with van der Waals surface area (Å²) < 4.78 is 5.65. The quantitative estimate of drug-likeness (QED) is 0.0969. The molecule has 0 spiro atoms. The summed E-state index contributed by atoms with van der Waals surface area (Å²) in [5, 5.41) is 15.2. The predicted molar refractivity (Wildman–Crippen MR) is 198 cm³/mol. The summed E-state index contributed by atoms with van der Waals surface area (Å²) in [6, 6.07) is 19.6. The van der Waals surface area contributed by atoms with E-state index in [4.69, 9.17) is 49.5 Å². The largest absolute Gasteiger partial charge is 0.481 e. The number of nitrogens with zero attached hydrogens (tertiary/aromatic N) is 2. The zero-order valence-corrected chi connectivity index (χ0v) is 29.6. The number of nitrogens with one attached hydrogen (secondary N) is 5. The predicted octanol–water partition coefficient (Wildman–Crippen LogP) is 6.66. The standard InChI is InChI=1S/C37H36Cl3N7O3/c1-50-37-20(16-41-17-21-9-14-31(48)43-21)8-12-29(47-37)26-7-3-5-24(34(26)39)23-4-2-6-25(33(23)38)28-13-11-27-35(40)30(46-36(27)45-28)19-42-18-22-10-15-32(49)44-22/h2-8,11-13,21-22,41-42H,9-10,14-19H2,1H3,(H,43,48)(H,44,49)(H,45,46)/t21-,22-/m1/s1. The van der Waals surface area contributed by atoms with Crippen molar-refractivity contribution in [2.24, 2.45) is 0 Å². The van der Waals surface area contributed by atoms with Crippen molar-refractivity contribution < 1.29 is 14.3 Å². The second-order valence-electron chi connectivity index (χ2n) is 12.6. The molecule has 2 aliphatic rings. The number of methoxy groups -OCH3 is 1. The molecular formula is C37H36Cl3N7O3. The van der Waals surface area contributed by atoms with Crippen molar-refractivity contribution in [3.05, 3.63) is 87.0 Å². The Kier molecular flexibility index (Phi) is 10.3. The van der Waals surface area contributed by atoms with Gasteiger partial charge in [0.15, 0.2) is 0 Å². The fourth-order valence-electron chi connectivity index (χ4n) is 6.58. The molecule has 0 aliphatic carbocycles. The Labute approximate surface area is 304 Å². The molecule has 0 bridgehead atoms. The minimum atomic E-state index is 0.0935. The molecule has 10 nitrogen and oxygen atoms in total. The molecule has 13 heteroatoms. The van der Waals surface area contributed by atoms with Crippen molar-refractivity contribution in [3.63, 3.8) is 0 Å². The number of hydrogen-bond acceptors (Lipinski definition) is 7. The third kappa shape index (κ3) is 7.17. The smallest absolute Gasteiger partial charge is 0.220 e. The van der Waals surface area contributed by atoms with Crippen LogP contribution in [0.2, 0.25) is 15.1 Å². The van der Waals surface area contributed by atoms with Crippen molar-refractivity contribution in [2.75, 3.05) is 20.2 Å². The molecule has 50 heavy (non-hydrogen) atoms. The van der Waals surface area contributed by atoms with Gasteiger partial charge >= 0.3 is 0 Å². The van der Waals surface area contributed by atoms with Crippen LogP contribution >= 0.6 is 34.8 Å². The number of carbonyl (C=O) groups is 2. The number of amides is 2. The van der Waals surface area contributed by atoms with Crippen LogP contribution in [0.4, 0.5) is 0 Å². The van der Waals surface area contributed by atoms with E-state index in [1.165, 1.54) is 0 Å². The summed E-state index contributed by atoms with van der Waals surface area (Å²) in [5.74, 6) is 0.690. The second kappa shape index (κ2) is 15.0. The Morgan fingerprint density at radius 2 is 1.28 bits per heavy atom. The molecule has 3 aromatic heterocycles. The molecule has 5 N–H and O–H groups in total. The van der Waals surface area contributed by atoms with E-state index < -0.39 is 0 Å². The number of halogens is 3. The van der Waals surface area contributed by atoms with Crippen LogP contribution in [0.3, 0.4) is 0 Å². The van der Waals surface area contributed by atoms with E-state index in [0.29, 0.717) is 77.0 Å². The maximum Gasteiger partial charge on any atom is 0.220 e. The summed E-state index contributed by atoms with van der Waals surface area (Å²) in [6.45, 7) is 2.41. The lowest BCUT2D eigenvalue weighted by molar-refractivity contribution is -0.120. The van der Waals surface area contributed by atoms with Gasteiger partial charge in [-0.1, -0.05) is 77.3 Å². The molecule has 2 aliphatic heterocycles. The number of fused-ring (bicyclic) bond motifs is 1. The van der Waals surface area contributed by atoms with Crippen LogP contribution < -0.4 is 26.0 Å². The number of pyridine rings is 2. The maximum atomic E-state index is 11.5. The summed E-state index contributed by atoms with van der Waals surface area (Å²) in [4.78, 5) is 36.1. The topological polar surface area (TPSA) is 133 Å². The van der Waals surface area contributed by atoms with Crippen molar-refractivity contribution in [1.29, 1.82) is 0 Å². The summed E-state index contributed by atoms with van der Waals surface area (Å²) in [6.07, 6.45) is 2.80. The van der Waals surface area contributed by atoms with Gasteiger partial charge in [-0.2, -0.15) is 0 Å². The van der Waals surface area contributed by atoms with Crippen LogP contribution in [0.15, 0.2) is 60.7 Å². The lowest BCUT2D eigenvalue weighted by atomic mass is 9.98. The van der Waals surface area contributed by atoms with Crippen LogP contribution in [0, 0.1) is 0 Å². The number of ether oxygens (including phenoxy) is 1. The SMILES string of the molecule is COc1nc(-c2cccc(-c3cccc(-c4ccc5c(Cl)c(CNC[C@H]6CCC(=O)N6)[nH]c5n4)c3Cl)c2Cl)ccc1CNC[C@H]1CCC(=O)N1. The zero-order chi connectivity index (χ0) is 34.8. The number of aromatic amines is 1. The van der Waals surface area contributed by atoms with Crippen molar-refractivity contribution in [2.45, 2.75) is 50.9 Å². The number of carbonyl (C=O) groups excluding carboxylic acids is 2.